The Hall–Kier alpha value is -2.49. The van der Waals surface area contributed by atoms with Crippen LogP contribution in [-0.4, -0.2) is 4.98 Å². The fourth-order valence-corrected chi connectivity index (χ4v) is 1.80. The molecule has 0 spiro atoms. The standard InChI is InChI=1S/C14H8FNO2/c15-10-4-1-3-9(7-10)13-8-12-11(14(17)18-13)5-2-6-16-12/h1-8H. The molecular formula is C14H8FNO2. The summed E-state index contributed by atoms with van der Waals surface area (Å²) < 4.78 is 18.3. The molecule has 2 heterocycles. The zero-order valence-corrected chi connectivity index (χ0v) is 9.26. The van der Waals surface area contributed by atoms with Crippen LogP contribution in [0.5, 0.6) is 0 Å². The van der Waals surface area contributed by atoms with Gasteiger partial charge in [0.2, 0.25) is 0 Å². The van der Waals surface area contributed by atoms with Gasteiger partial charge in [-0.05, 0) is 24.3 Å². The first-order valence-corrected chi connectivity index (χ1v) is 5.39. The van der Waals surface area contributed by atoms with Gasteiger partial charge in [0.05, 0.1) is 10.9 Å². The lowest BCUT2D eigenvalue weighted by atomic mass is 10.1. The molecule has 0 fully saturated rings. The predicted molar refractivity (Wildman–Crippen MR) is 65.7 cm³/mol. The van der Waals surface area contributed by atoms with Crippen molar-refractivity contribution in [1.29, 1.82) is 0 Å². The van der Waals surface area contributed by atoms with E-state index in [0.717, 1.165) is 0 Å². The molecule has 3 aromatic rings. The third kappa shape index (κ3) is 1.78. The van der Waals surface area contributed by atoms with Crippen LogP contribution < -0.4 is 5.63 Å². The first-order valence-electron chi connectivity index (χ1n) is 5.39. The normalized spacial score (nSPS) is 10.7. The molecule has 0 saturated carbocycles. The van der Waals surface area contributed by atoms with Crippen LogP contribution in [0.25, 0.3) is 22.2 Å². The van der Waals surface area contributed by atoms with Crippen molar-refractivity contribution in [2.24, 2.45) is 0 Å². The quantitative estimate of drug-likeness (QED) is 0.657. The topological polar surface area (TPSA) is 43.1 Å². The Morgan fingerprint density at radius 1 is 1.11 bits per heavy atom. The summed E-state index contributed by atoms with van der Waals surface area (Å²) in [5, 5.41) is 0.414. The second kappa shape index (κ2) is 4.07. The van der Waals surface area contributed by atoms with Crippen molar-refractivity contribution in [2.75, 3.05) is 0 Å². The van der Waals surface area contributed by atoms with Gasteiger partial charge in [-0.25, -0.2) is 9.18 Å². The van der Waals surface area contributed by atoms with Gasteiger partial charge in [0.25, 0.3) is 0 Å². The lowest BCUT2D eigenvalue weighted by Gasteiger charge is -2.01. The van der Waals surface area contributed by atoms with Crippen LogP contribution in [0.4, 0.5) is 4.39 Å². The number of aromatic nitrogens is 1. The molecule has 88 valence electrons. The second-order valence-corrected chi connectivity index (χ2v) is 3.84. The van der Waals surface area contributed by atoms with E-state index in [4.69, 9.17) is 4.42 Å². The molecule has 0 bridgehead atoms. The van der Waals surface area contributed by atoms with E-state index < -0.39 is 5.63 Å². The third-order valence-electron chi connectivity index (χ3n) is 2.64. The second-order valence-electron chi connectivity index (χ2n) is 3.84. The van der Waals surface area contributed by atoms with Crippen LogP contribution >= 0.6 is 0 Å². The summed E-state index contributed by atoms with van der Waals surface area (Å²) in [5.74, 6) is -0.0676. The van der Waals surface area contributed by atoms with Crippen LogP contribution in [0.15, 0.2) is 57.9 Å². The summed E-state index contributed by atoms with van der Waals surface area (Å²) in [6.07, 6.45) is 1.59. The van der Waals surface area contributed by atoms with Crippen LogP contribution in [0.1, 0.15) is 0 Å². The summed E-state index contributed by atoms with van der Waals surface area (Å²) >= 11 is 0. The summed E-state index contributed by atoms with van der Waals surface area (Å²) in [6.45, 7) is 0. The largest absolute Gasteiger partial charge is 0.422 e. The van der Waals surface area contributed by atoms with Gasteiger partial charge in [0.15, 0.2) is 0 Å². The highest BCUT2D eigenvalue weighted by atomic mass is 19.1. The maximum atomic E-state index is 13.1. The summed E-state index contributed by atoms with van der Waals surface area (Å²) in [5.41, 5.74) is 0.576. The Balaban J connectivity index is 2.28. The Morgan fingerprint density at radius 2 is 2.00 bits per heavy atom. The molecule has 0 N–H and O–H groups in total. The van der Waals surface area contributed by atoms with Crippen molar-refractivity contribution in [1.82, 2.24) is 4.98 Å². The molecule has 18 heavy (non-hydrogen) atoms. The number of hydrogen-bond donors (Lipinski definition) is 0. The Kier molecular flexibility index (Phi) is 2.41. The van der Waals surface area contributed by atoms with E-state index in [1.807, 2.05) is 0 Å². The van der Waals surface area contributed by atoms with Crippen molar-refractivity contribution in [2.45, 2.75) is 0 Å². The van der Waals surface area contributed by atoms with Crippen LogP contribution in [-0.2, 0) is 0 Å². The molecule has 0 aliphatic carbocycles. The van der Waals surface area contributed by atoms with Gasteiger partial charge in [-0.1, -0.05) is 12.1 Å². The van der Waals surface area contributed by atoms with E-state index in [1.165, 1.54) is 12.1 Å². The van der Waals surface area contributed by atoms with Crippen molar-refractivity contribution in [3.63, 3.8) is 0 Å². The molecule has 4 heteroatoms. The summed E-state index contributed by atoms with van der Waals surface area (Å²) in [4.78, 5) is 15.9. The molecule has 0 saturated heterocycles. The fourth-order valence-electron chi connectivity index (χ4n) is 1.80. The summed E-state index contributed by atoms with van der Waals surface area (Å²) in [7, 11) is 0. The van der Waals surface area contributed by atoms with E-state index >= 15 is 0 Å². The maximum Gasteiger partial charge on any atom is 0.345 e. The lowest BCUT2D eigenvalue weighted by molar-refractivity contribution is 0.533. The van der Waals surface area contributed by atoms with E-state index in [0.29, 0.717) is 22.2 Å². The maximum absolute atomic E-state index is 13.1. The van der Waals surface area contributed by atoms with Gasteiger partial charge in [0.1, 0.15) is 11.6 Å². The average molecular weight is 241 g/mol. The molecule has 0 radical (unpaired) electrons. The molecule has 0 unspecified atom stereocenters. The molecule has 0 aliphatic heterocycles. The van der Waals surface area contributed by atoms with Gasteiger partial charge in [-0.15, -0.1) is 0 Å². The number of nitrogens with zero attached hydrogens (tertiary/aromatic N) is 1. The minimum absolute atomic E-state index is 0.311. The third-order valence-corrected chi connectivity index (χ3v) is 2.64. The number of fused-ring (bicyclic) bond motifs is 1. The smallest absolute Gasteiger partial charge is 0.345 e. The van der Waals surface area contributed by atoms with Gasteiger partial charge >= 0.3 is 5.63 Å². The number of benzene rings is 1. The van der Waals surface area contributed by atoms with E-state index in [-0.39, 0.29) is 5.82 Å². The highest BCUT2D eigenvalue weighted by Crippen LogP contribution is 2.21. The molecule has 3 nitrogen and oxygen atoms in total. The van der Waals surface area contributed by atoms with Gasteiger partial charge in [-0.2, -0.15) is 0 Å². The molecule has 1 aromatic carbocycles. The fraction of sp³-hybridized carbons (Fsp3) is 0. The van der Waals surface area contributed by atoms with Crippen molar-refractivity contribution in [3.8, 4) is 11.3 Å². The molecule has 3 rings (SSSR count). The van der Waals surface area contributed by atoms with Crippen LogP contribution in [0.3, 0.4) is 0 Å². The van der Waals surface area contributed by atoms with E-state index in [9.17, 15) is 9.18 Å². The summed E-state index contributed by atoms with van der Waals surface area (Å²) in [6, 6.07) is 10.8. The highest BCUT2D eigenvalue weighted by Gasteiger charge is 2.07. The highest BCUT2D eigenvalue weighted by molar-refractivity contribution is 5.80. The van der Waals surface area contributed by atoms with Crippen molar-refractivity contribution in [3.05, 3.63) is 64.9 Å². The SMILES string of the molecule is O=c1oc(-c2cccc(F)c2)cc2ncccc12. The van der Waals surface area contributed by atoms with E-state index in [1.54, 1.807) is 36.5 Å². The first-order chi connectivity index (χ1) is 8.74. The Labute approximate surface area is 102 Å². The monoisotopic (exact) mass is 241 g/mol. The van der Waals surface area contributed by atoms with Crippen LogP contribution in [0, 0.1) is 5.82 Å². The van der Waals surface area contributed by atoms with Gasteiger partial charge in [-0.3, -0.25) is 4.98 Å². The number of hydrogen-bond acceptors (Lipinski definition) is 3. The zero-order valence-electron chi connectivity index (χ0n) is 9.26. The molecular weight excluding hydrogens is 233 g/mol. The molecule has 0 atom stereocenters. The lowest BCUT2D eigenvalue weighted by Crippen LogP contribution is -2.01. The predicted octanol–water partition coefficient (Wildman–Crippen LogP) is 2.99. The zero-order chi connectivity index (χ0) is 12.5. The number of pyridine rings is 1. The Bertz CT molecular complexity index is 780. The number of rotatable bonds is 1. The van der Waals surface area contributed by atoms with Crippen molar-refractivity contribution >= 4 is 10.9 Å². The van der Waals surface area contributed by atoms with Crippen molar-refractivity contribution < 1.29 is 8.81 Å². The Morgan fingerprint density at radius 3 is 2.83 bits per heavy atom. The van der Waals surface area contributed by atoms with Gasteiger partial charge in [0, 0.05) is 17.8 Å². The first kappa shape index (κ1) is 10.7. The minimum Gasteiger partial charge on any atom is -0.422 e. The molecule has 2 aromatic heterocycles. The van der Waals surface area contributed by atoms with Crippen LogP contribution in [0.2, 0.25) is 0 Å². The van der Waals surface area contributed by atoms with E-state index in [2.05, 4.69) is 4.98 Å². The molecule has 0 aliphatic rings. The number of halogens is 1. The molecule has 0 amide bonds. The minimum atomic E-state index is -0.472. The average Bonchev–Trinajstić information content (AvgIpc) is 2.39. The van der Waals surface area contributed by atoms with Gasteiger partial charge < -0.3 is 4.42 Å².